The third-order valence-corrected chi connectivity index (χ3v) is 3.03. The number of alkyl halides is 2. The van der Waals surface area contributed by atoms with E-state index in [9.17, 15) is 8.78 Å². The predicted molar refractivity (Wildman–Crippen MR) is 60.7 cm³/mol. The van der Waals surface area contributed by atoms with E-state index < -0.39 is 5.92 Å². The zero-order chi connectivity index (χ0) is 12.0. The molecule has 1 heterocycles. The number of nitrogens with one attached hydrogen (secondary N) is 1. The Kier molecular flexibility index (Phi) is 2.54. The second kappa shape index (κ2) is 3.52. The third kappa shape index (κ3) is 1.96. The lowest BCUT2D eigenvalue weighted by Crippen LogP contribution is -2.37. The van der Waals surface area contributed by atoms with Gasteiger partial charge in [-0.2, -0.15) is 8.78 Å². The first-order valence-electron chi connectivity index (χ1n) is 5.53. The lowest BCUT2D eigenvalue weighted by Gasteiger charge is -2.29. The molecule has 2 rings (SSSR count). The van der Waals surface area contributed by atoms with Gasteiger partial charge < -0.3 is 5.32 Å². The van der Waals surface area contributed by atoms with Crippen molar-refractivity contribution in [1.82, 2.24) is 5.32 Å². The Hall–Kier alpha value is -0.960. The molecule has 1 aliphatic heterocycles. The van der Waals surface area contributed by atoms with Gasteiger partial charge >= 0.3 is 0 Å². The first-order valence-corrected chi connectivity index (χ1v) is 5.53. The van der Waals surface area contributed by atoms with Gasteiger partial charge in [-0.25, -0.2) is 0 Å². The van der Waals surface area contributed by atoms with Crippen LogP contribution in [0, 0.1) is 0 Å². The highest BCUT2D eigenvalue weighted by Crippen LogP contribution is 2.36. The molecule has 0 unspecified atom stereocenters. The van der Waals surface area contributed by atoms with Gasteiger partial charge in [0.05, 0.1) is 6.54 Å². The maximum Gasteiger partial charge on any atom is 0.285 e. The number of rotatable bonds is 0. The van der Waals surface area contributed by atoms with Gasteiger partial charge in [0.25, 0.3) is 5.92 Å². The zero-order valence-electron chi connectivity index (χ0n) is 9.90. The third-order valence-electron chi connectivity index (χ3n) is 3.03. The second-order valence-corrected chi connectivity index (χ2v) is 5.43. The van der Waals surface area contributed by atoms with Crippen molar-refractivity contribution in [3.8, 4) is 0 Å². The Balaban J connectivity index is 2.52. The van der Waals surface area contributed by atoms with E-state index in [0.717, 1.165) is 5.56 Å². The van der Waals surface area contributed by atoms with Gasteiger partial charge in [0.15, 0.2) is 0 Å². The van der Waals surface area contributed by atoms with Crippen molar-refractivity contribution in [3.63, 3.8) is 0 Å². The summed E-state index contributed by atoms with van der Waals surface area (Å²) in [6.45, 7) is 6.39. The van der Waals surface area contributed by atoms with Crippen molar-refractivity contribution < 1.29 is 8.78 Å². The van der Waals surface area contributed by atoms with Crippen LogP contribution in [0.25, 0.3) is 0 Å². The maximum atomic E-state index is 13.7. The average Bonchev–Trinajstić information content (AvgIpc) is 2.15. The minimum atomic E-state index is -2.74. The highest BCUT2D eigenvalue weighted by atomic mass is 19.3. The molecule has 0 aliphatic carbocycles. The molecule has 0 atom stereocenters. The number of benzene rings is 1. The second-order valence-electron chi connectivity index (χ2n) is 5.43. The molecule has 1 aromatic carbocycles. The van der Waals surface area contributed by atoms with Gasteiger partial charge in [-0.1, -0.05) is 32.9 Å². The number of hydrogen-bond acceptors (Lipinski definition) is 1. The van der Waals surface area contributed by atoms with E-state index in [0.29, 0.717) is 12.1 Å². The summed E-state index contributed by atoms with van der Waals surface area (Å²) in [6, 6.07) is 5.42. The van der Waals surface area contributed by atoms with Crippen LogP contribution in [-0.4, -0.2) is 6.54 Å². The van der Waals surface area contributed by atoms with E-state index >= 15 is 0 Å². The van der Waals surface area contributed by atoms with Crippen molar-refractivity contribution in [2.75, 3.05) is 6.54 Å². The normalized spacial score (nSPS) is 19.3. The summed E-state index contributed by atoms with van der Waals surface area (Å²) in [4.78, 5) is 0. The van der Waals surface area contributed by atoms with Crippen molar-refractivity contribution in [1.29, 1.82) is 0 Å². The Morgan fingerprint density at radius 1 is 1.25 bits per heavy atom. The standard InChI is InChI=1S/C13H17F2N/c1-12(2,3)10-5-4-9-7-16-8-13(14,15)11(9)6-10/h4-6,16H,7-8H2,1-3H3. The van der Waals surface area contributed by atoms with Crippen molar-refractivity contribution in [2.24, 2.45) is 0 Å². The van der Waals surface area contributed by atoms with Gasteiger partial charge in [0.1, 0.15) is 0 Å². The largest absolute Gasteiger partial charge is 0.307 e. The summed E-state index contributed by atoms with van der Waals surface area (Å²) >= 11 is 0. The summed E-state index contributed by atoms with van der Waals surface area (Å²) in [7, 11) is 0. The average molecular weight is 225 g/mol. The van der Waals surface area contributed by atoms with E-state index in [1.807, 2.05) is 32.9 Å². The molecule has 3 heteroatoms. The van der Waals surface area contributed by atoms with E-state index in [1.54, 1.807) is 6.07 Å². The van der Waals surface area contributed by atoms with Gasteiger partial charge in [-0.15, -0.1) is 0 Å². The molecule has 0 saturated heterocycles. The minimum absolute atomic E-state index is 0.0873. The van der Waals surface area contributed by atoms with E-state index in [1.165, 1.54) is 0 Å². The molecule has 0 radical (unpaired) electrons. The molecule has 0 fully saturated rings. The van der Waals surface area contributed by atoms with Crippen molar-refractivity contribution >= 4 is 0 Å². The Bertz CT molecular complexity index is 405. The number of halogens is 2. The number of hydrogen-bond donors (Lipinski definition) is 1. The lowest BCUT2D eigenvalue weighted by atomic mass is 9.83. The van der Waals surface area contributed by atoms with Crippen LogP contribution >= 0.6 is 0 Å². The molecule has 0 saturated carbocycles. The van der Waals surface area contributed by atoms with Crippen molar-refractivity contribution in [3.05, 3.63) is 34.9 Å². The fraction of sp³-hybridized carbons (Fsp3) is 0.538. The topological polar surface area (TPSA) is 12.0 Å². The van der Waals surface area contributed by atoms with Crippen LogP contribution in [0.1, 0.15) is 37.5 Å². The molecule has 0 amide bonds. The van der Waals surface area contributed by atoms with Crippen LogP contribution in [0.15, 0.2) is 18.2 Å². The Morgan fingerprint density at radius 2 is 1.94 bits per heavy atom. The molecule has 1 nitrogen and oxygen atoms in total. The fourth-order valence-corrected chi connectivity index (χ4v) is 1.99. The van der Waals surface area contributed by atoms with Crippen LogP contribution in [-0.2, 0) is 17.9 Å². The lowest BCUT2D eigenvalue weighted by molar-refractivity contribution is -0.0109. The highest BCUT2D eigenvalue weighted by molar-refractivity contribution is 5.39. The molecular formula is C13H17F2N. The monoisotopic (exact) mass is 225 g/mol. The van der Waals surface area contributed by atoms with Crippen LogP contribution in [0.5, 0.6) is 0 Å². The summed E-state index contributed by atoms with van der Waals surface area (Å²) in [5, 5.41) is 2.74. The van der Waals surface area contributed by atoms with E-state index in [4.69, 9.17) is 0 Å². The van der Waals surface area contributed by atoms with Gasteiger partial charge in [-0.3, -0.25) is 0 Å². The Labute approximate surface area is 94.9 Å². The van der Waals surface area contributed by atoms with Gasteiger partial charge in [0.2, 0.25) is 0 Å². The molecule has 0 spiro atoms. The summed E-state index contributed by atoms with van der Waals surface area (Å²) in [5.41, 5.74) is 1.78. The highest BCUT2D eigenvalue weighted by Gasteiger charge is 2.37. The molecule has 88 valence electrons. The van der Waals surface area contributed by atoms with Crippen LogP contribution in [0.2, 0.25) is 0 Å². The number of fused-ring (bicyclic) bond motifs is 1. The van der Waals surface area contributed by atoms with Gasteiger partial charge in [0, 0.05) is 12.1 Å². The van der Waals surface area contributed by atoms with Crippen LogP contribution in [0.4, 0.5) is 8.78 Å². The zero-order valence-corrected chi connectivity index (χ0v) is 9.90. The molecule has 1 aromatic rings. The van der Waals surface area contributed by atoms with E-state index in [-0.39, 0.29) is 17.5 Å². The first-order chi connectivity index (χ1) is 7.31. The predicted octanol–water partition coefficient (Wildman–Crippen LogP) is 3.18. The molecule has 1 N–H and O–H groups in total. The summed E-state index contributed by atoms with van der Waals surface area (Å²) < 4.78 is 27.4. The SMILES string of the molecule is CC(C)(C)c1ccc2c(c1)C(F)(F)CNC2. The summed E-state index contributed by atoms with van der Waals surface area (Å²) in [5.74, 6) is -2.74. The molecular weight excluding hydrogens is 208 g/mol. The molecule has 0 aromatic heterocycles. The van der Waals surface area contributed by atoms with E-state index in [2.05, 4.69) is 5.32 Å². The molecule has 16 heavy (non-hydrogen) atoms. The first kappa shape index (κ1) is 11.5. The fourth-order valence-electron chi connectivity index (χ4n) is 1.99. The van der Waals surface area contributed by atoms with Crippen LogP contribution in [0.3, 0.4) is 0 Å². The smallest absolute Gasteiger partial charge is 0.285 e. The molecule has 0 bridgehead atoms. The van der Waals surface area contributed by atoms with Crippen LogP contribution < -0.4 is 5.32 Å². The van der Waals surface area contributed by atoms with Crippen molar-refractivity contribution in [2.45, 2.75) is 38.7 Å². The maximum absolute atomic E-state index is 13.7. The van der Waals surface area contributed by atoms with Gasteiger partial charge in [-0.05, 0) is 22.6 Å². The minimum Gasteiger partial charge on any atom is -0.307 e. The summed E-state index contributed by atoms with van der Waals surface area (Å²) in [6.07, 6.45) is 0. The Morgan fingerprint density at radius 3 is 2.56 bits per heavy atom. The molecule has 1 aliphatic rings. The quantitative estimate of drug-likeness (QED) is 0.715.